The number of halogens is 1. The molecule has 0 saturated heterocycles. The van der Waals surface area contributed by atoms with E-state index in [1.54, 1.807) is 44.6 Å². The number of hydrogen-bond acceptors (Lipinski definition) is 8. The number of rotatable bonds is 8. The van der Waals surface area contributed by atoms with Gasteiger partial charge < -0.3 is 18.8 Å². The fourth-order valence-corrected chi connectivity index (χ4v) is 5.73. The van der Waals surface area contributed by atoms with Crippen LogP contribution in [0.1, 0.15) is 52.0 Å². The Kier molecular flexibility index (Phi) is 8.08. The number of aromatic nitrogens is 1. The Morgan fingerprint density at radius 3 is 2.65 bits per heavy atom. The van der Waals surface area contributed by atoms with Crippen molar-refractivity contribution < 1.29 is 18.7 Å². The van der Waals surface area contributed by atoms with Crippen molar-refractivity contribution in [3.05, 3.63) is 77.1 Å². The smallest absolute Gasteiger partial charge is 0.338 e. The molecule has 196 valence electrons. The summed E-state index contributed by atoms with van der Waals surface area (Å²) in [5, 5.41) is 0. The van der Waals surface area contributed by atoms with Crippen molar-refractivity contribution in [3.8, 4) is 5.75 Å². The van der Waals surface area contributed by atoms with E-state index in [-0.39, 0.29) is 11.7 Å². The molecule has 1 aliphatic rings. The highest BCUT2D eigenvalue weighted by atomic mass is 79.9. The van der Waals surface area contributed by atoms with E-state index in [1.165, 1.54) is 11.3 Å². The third kappa shape index (κ3) is 5.31. The quantitative estimate of drug-likeness (QED) is 0.363. The first kappa shape index (κ1) is 26.9. The highest BCUT2D eigenvalue weighted by molar-refractivity contribution is 9.10. The summed E-state index contributed by atoms with van der Waals surface area (Å²) in [6.07, 6.45) is 1.39. The van der Waals surface area contributed by atoms with Gasteiger partial charge in [-0.1, -0.05) is 27.3 Å². The standard InChI is InChI=1S/C27H30BrN3O5S/c1-7-30(8-2)22-12-10-18(36-22)14-21-25(32)31-24(19-13-17(28)9-11-20(19)34-6)23(26(33)35-15(3)4)16(5)29-27(31)37-21/h9-15,24H,7-8H2,1-6H3/b21-14-/t24-/m0/s1. The minimum Gasteiger partial charge on any atom is -0.496 e. The average molecular weight is 589 g/mol. The van der Waals surface area contributed by atoms with Crippen molar-refractivity contribution in [3.63, 3.8) is 0 Å². The maximum Gasteiger partial charge on any atom is 0.338 e. The van der Waals surface area contributed by atoms with Gasteiger partial charge in [0.2, 0.25) is 0 Å². The maximum absolute atomic E-state index is 13.8. The summed E-state index contributed by atoms with van der Waals surface area (Å²) in [6, 6.07) is 8.46. The van der Waals surface area contributed by atoms with Gasteiger partial charge in [-0.05, 0) is 58.9 Å². The minimum atomic E-state index is -0.778. The molecule has 8 nitrogen and oxygen atoms in total. The Morgan fingerprint density at radius 1 is 1.27 bits per heavy atom. The number of methoxy groups -OCH3 is 1. The predicted octanol–water partition coefficient (Wildman–Crippen LogP) is 4.40. The normalized spacial score (nSPS) is 15.6. The van der Waals surface area contributed by atoms with Crippen LogP contribution in [0, 0.1) is 0 Å². The Morgan fingerprint density at radius 2 is 2.00 bits per heavy atom. The number of carbonyl (C=O) groups excluding carboxylic acids is 1. The van der Waals surface area contributed by atoms with Crippen molar-refractivity contribution in [1.29, 1.82) is 0 Å². The number of ether oxygens (including phenoxy) is 2. The lowest BCUT2D eigenvalue weighted by Gasteiger charge is -2.26. The van der Waals surface area contributed by atoms with Gasteiger partial charge in [0.15, 0.2) is 10.7 Å². The van der Waals surface area contributed by atoms with E-state index < -0.39 is 12.0 Å². The molecule has 0 radical (unpaired) electrons. The SMILES string of the molecule is CCN(CC)c1ccc(/C=c2\sc3n(c2=O)[C@@H](c2cc(Br)ccc2OC)C(C(=O)OC(C)C)=C(C)N=3)o1. The molecule has 0 saturated carbocycles. The van der Waals surface area contributed by atoms with Crippen LogP contribution in [0.4, 0.5) is 5.88 Å². The van der Waals surface area contributed by atoms with Crippen LogP contribution in [0.3, 0.4) is 0 Å². The largest absolute Gasteiger partial charge is 0.496 e. The second-order valence-electron chi connectivity index (χ2n) is 8.77. The van der Waals surface area contributed by atoms with E-state index in [9.17, 15) is 9.59 Å². The number of carbonyl (C=O) groups is 1. The van der Waals surface area contributed by atoms with Crippen LogP contribution in [0.15, 0.2) is 60.3 Å². The Labute approximate surface area is 227 Å². The van der Waals surface area contributed by atoms with Crippen LogP contribution < -0.4 is 24.5 Å². The molecule has 0 bridgehead atoms. The molecule has 37 heavy (non-hydrogen) atoms. The lowest BCUT2D eigenvalue weighted by Crippen LogP contribution is -2.40. The van der Waals surface area contributed by atoms with Crippen LogP contribution in [0.25, 0.3) is 6.08 Å². The number of nitrogens with zero attached hydrogens (tertiary/aromatic N) is 3. The highest BCUT2D eigenvalue weighted by Crippen LogP contribution is 2.37. The van der Waals surface area contributed by atoms with Crippen molar-refractivity contribution in [2.45, 2.75) is 46.8 Å². The van der Waals surface area contributed by atoms with Gasteiger partial charge in [-0.25, -0.2) is 9.79 Å². The number of furan rings is 1. The summed E-state index contributed by atoms with van der Waals surface area (Å²) in [7, 11) is 1.56. The molecule has 2 aromatic heterocycles. The van der Waals surface area contributed by atoms with Gasteiger partial charge in [0.1, 0.15) is 17.6 Å². The van der Waals surface area contributed by atoms with E-state index in [4.69, 9.17) is 13.9 Å². The average Bonchev–Trinajstić information content (AvgIpc) is 3.43. The fourth-order valence-electron chi connectivity index (χ4n) is 4.33. The van der Waals surface area contributed by atoms with E-state index >= 15 is 0 Å². The Hall–Kier alpha value is -3.11. The van der Waals surface area contributed by atoms with E-state index in [0.717, 1.165) is 23.4 Å². The molecule has 0 spiro atoms. The van der Waals surface area contributed by atoms with E-state index in [2.05, 4.69) is 39.7 Å². The molecule has 1 aromatic carbocycles. The molecule has 3 aromatic rings. The summed E-state index contributed by atoms with van der Waals surface area (Å²) in [6.45, 7) is 11.1. The van der Waals surface area contributed by atoms with Crippen LogP contribution in [0.5, 0.6) is 5.75 Å². The minimum absolute atomic E-state index is 0.279. The molecular weight excluding hydrogens is 558 g/mol. The van der Waals surface area contributed by atoms with Gasteiger partial charge in [0, 0.05) is 35.3 Å². The molecule has 4 rings (SSSR count). The van der Waals surface area contributed by atoms with E-state index in [0.29, 0.717) is 37.7 Å². The number of thiazole rings is 1. The monoisotopic (exact) mass is 587 g/mol. The van der Waals surface area contributed by atoms with Gasteiger partial charge >= 0.3 is 5.97 Å². The third-order valence-corrected chi connectivity index (χ3v) is 7.51. The first-order valence-corrected chi connectivity index (χ1v) is 13.7. The van der Waals surface area contributed by atoms with Crippen molar-refractivity contribution in [2.24, 2.45) is 4.99 Å². The van der Waals surface area contributed by atoms with Crippen molar-refractivity contribution in [2.75, 3.05) is 25.1 Å². The van der Waals surface area contributed by atoms with Gasteiger partial charge in [-0.15, -0.1) is 0 Å². The summed E-state index contributed by atoms with van der Waals surface area (Å²) in [5.74, 6) is 1.34. The molecule has 0 aliphatic carbocycles. The summed E-state index contributed by atoms with van der Waals surface area (Å²) in [4.78, 5) is 34.4. The molecule has 1 atom stereocenters. The van der Waals surface area contributed by atoms with Gasteiger partial charge in [-0.2, -0.15) is 0 Å². The highest BCUT2D eigenvalue weighted by Gasteiger charge is 2.35. The zero-order chi connectivity index (χ0) is 26.9. The Bertz CT molecular complexity index is 1530. The molecule has 1 aliphatic heterocycles. The summed E-state index contributed by atoms with van der Waals surface area (Å²) < 4.78 is 20.0. The molecule has 3 heterocycles. The van der Waals surface area contributed by atoms with Crippen LogP contribution in [0.2, 0.25) is 0 Å². The molecule has 0 fully saturated rings. The third-order valence-electron chi connectivity index (χ3n) is 6.03. The predicted molar refractivity (Wildman–Crippen MR) is 148 cm³/mol. The van der Waals surface area contributed by atoms with Crippen LogP contribution in [-0.4, -0.2) is 36.8 Å². The zero-order valence-corrected chi connectivity index (χ0v) is 24.1. The van der Waals surface area contributed by atoms with Gasteiger partial charge in [0.25, 0.3) is 5.56 Å². The lowest BCUT2D eigenvalue weighted by molar-refractivity contribution is -0.143. The number of benzene rings is 1. The maximum atomic E-state index is 13.8. The van der Waals surface area contributed by atoms with Crippen LogP contribution >= 0.6 is 27.3 Å². The van der Waals surface area contributed by atoms with Crippen molar-refractivity contribution in [1.82, 2.24) is 4.57 Å². The molecule has 0 unspecified atom stereocenters. The number of hydrogen-bond donors (Lipinski definition) is 0. The zero-order valence-electron chi connectivity index (χ0n) is 21.7. The second kappa shape index (κ2) is 11.1. The fraction of sp³-hybridized carbons (Fsp3) is 0.370. The van der Waals surface area contributed by atoms with Gasteiger partial charge in [-0.3, -0.25) is 9.36 Å². The first-order chi connectivity index (χ1) is 17.7. The number of anilines is 1. The molecule has 10 heteroatoms. The summed E-state index contributed by atoms with van der Waals surface area (Å²) in [5.41, 5.74) is 1.16. The van der Waals surface area contributed by atoms with Gasteiger partial charge in [0.05, 0.1) is 29.0 Å². The number of allylic oxidation sites excluding steroid dienone is 1. The topological polar surface area (TPSA) is 86.3 Å². The molecular formula is C27H30BrN3O5S. The number of fused-ring (bicyclic) bond motifs is 1. The molecule has 0 amide bonds. The van der Waals surface area contributed by atoms with Crippen LogP contribution in [-0.2, 0) is 9.53 Å². The Balaban J connectivity index is 1.93. The number of esters is 1. The van der Waals surface area contributed by atoms with Crippen molar-refractivity contribution >= 4 is 45.2 Å². The summed E-state index contributed by atoms with van der Waals surface area (Å²) >= 11 is 4.77. The molecule has 0 N–H and O–H groups in total. The second-order valence-corrected chi connectivity index (χ2v) is 10.7. The van der Waals surface area contributed by atoms with E-state index in [1.807, 2.05) is 24.3 Å². The lowest BCUT2D eigenvalue weighted by atomic mass is 9.95. The first-order valence-electron chi connectivity index (χ1n) is 12.1.